The van der Waals surface area contributed by atoms with E-state index in [1.807, 2.05) is 6.20 Å². The number of nitrogens with one attached hydrogen (secondary N) is 2. The van der Waals surface area contributed by atoms with Crippen LogP contribution in [-0.4, -0.2) is 68.3 Å². The molecule has 2 N–H and O–H groups in total. The summed E-state index contributed by atoms with van der Waals surface area (Å²) in [4.78, 5) is 11.7. The van der Waals surface area contributed by atoms with E-state index < -0.39 is 6.17 Å². The average molecular weight is 384 g/mol. The highest BCUT2D eigenvalue weighted by atomic mass is 19.1. The normalized spacial score (nSPS) is 25.8. The molecule has 2 atom stereocenters. The van der Waals surface area contributed by atoms with Gasteiger partial charge in [-0.3, -0.25) is 5.10 Å². The van der Waals surface area contributed by atoms with Gasteiger partial charge in [0.25, 0.3) is 0 Å². The monoisotopic (exact) mass is 384 g/mol. The molecule has 0 amide bonds. The standard InChI is InChI=1S/C18H21FN8O/c19-12-7-28-4-1-13(12)23-17-24-16-15(26-8-18(9-26)2-3-18)14(11-5-21-22-6-11)20-10-27(16)25-17/h5-6,10,12-13H,1-4,7-9H2,(H,21,22)(H,23,25)/t12-,13+/m1/s1. The van der Waals surface area contributed by atoms with E-state index in [4.69, 9.17) is 9.72 Å². The first-order valence-electron chi connectivity index (χ1n) is 9.69. The number of fused-ring (bicyclic) bond motifs is 1. The smallest absolute Gasteiger partial charge is 0.243 e. The summed E-state index contributed by atoms with van der Waals surface area (Å²) in [6, 6.07) is -0.338. The van der Waals surface area contributed by atoms with Gasteiger partial charge in [-0.15, -0.1) is 5.10 Å². The Labute approximate surface area is 160 Å². The molecular formula is C18H21FN8O. The summed E-state index contributed by atoms with van der Waals surface area (Å²) in [5.74, 6) is 0.420. The Morgan fingerprint density at radius 1 is 1.32 bits per heavy atom. The summed E-state index contributed by atoms with van der Waals surface area (Å²) in [5, 5.41) is 14.6. The van der Waals surface area contributed by atoms with Gasteiger partial charge in [-0.2, -0.15) is 14.6 Å². The summed E-state index contributed by atoms with van der Waals surface area (Å²) in [5.41, 5.74) is 3.94. The molecule has 0 unspecified atom stereocenters. The second-order valence-corrected chi connectivity index (χ2v) is 8.12. The molecule has 3 aromatic heterocycles. The zero-order chi connectivity index (χ0) is 18.7. The van der Waals surface area contributed by atoms with E-state index in [-0.39, 0.29) is 12.6 Å². The quantitative estimate of drug-likeness (QED) is 0.706. The predicted octanol–water partition coefficient (Wildman–Crippen LogP) is 1.65. The van der Waals surface area contributed by atoms with Crippen molar-refractivity contribution in [3.8, 4) is 11.3 Å². The number of nitrogens with zero attached hydrogens (tertiary/aromatic N) is 6. The van der Waals surface area contributed by atoms with Crippen molar-refractivity contribution in [2.24, 2.45) is 5.41 Å². The van der Waals surface area contributed by atoms with Crippen molar-refractivity contribution in [2.45, 2.75) is 31.5 Å². The van der Waals surface area contributed by atoms with E-state index in [9.17, 15) is 4.39 Å². The minimum absolute atomic E-state index is 0.109. The van der Waals surface area contributed by atoms with Gasteiger partial charge >= 0.3 is 0 Å². The third-order valence-corrected chi connectivity index (χ3v) is 6.06. The number of hydrogen-bond donors (Lipinski definition) is 2. The number of hydrogen-bond acceptors (Lipinski definition) is 7. The molecule has 146 valence electrons. The first kappa shape index (κ1) is 16.2. The number of ether oxygens (including phenoxy) is 1. The van der Waals surface area contributed by atoms with Crippen molar-refractivity contribution < 1.29 is 9.13 Å². The molecule has 10 heteroatoms. The number of aromatic nitrogens is 6. The van der Waals surface area contributed by atoms with Gasteiger partial charge < -0.3 is 15.0 Å². The van der Waals surface area contributed by atoms with Crippen LogP contribution in [0.25, 0.3) is 16.9 Å². The van der Waals surface area contributed by atoms with Crippen LogP contribution in [0.3, 0.4) is 0 Å². The molecule has 2 saturated heterocycles. The van der Waals surface area contributed by atoms with Gasteiger partial charge in [0, 0.05) is 36.9 Å². The van der Waals surface area contributed by atoms with E-state index in [1.165, 1.54) is 12.8 Å². The molecule has 1 spiro atoms. The molecule has 0 aromatic carbocycles. The minimum atomic E-state index is -1.07. The SMILES string of the molecule is F[C@@H]1COCC[C@@H]1Nc1nc2c(N3CC4(CC4)C3)c(-c3cn[nH]c3)ncn2n1. The van der Waals surface area contributed by atoms with Gasteiger partial charge in [-0.25, -0.2) is 9.37 Å². The number of H-pyrrole nitrogens is 1. The lowest BCUT2D eigenvalue weighted by atomic mass is 9.95. The third kappa shape index (κ3) is 2.55. The summed E-state index contributed by atoms with van der Waals surface area (Å²) >= 11 is 0. The highest BCUT2D eigenvalue weighted by Gasteiger charge is 2.53. The van der Waals surface area contributed by atoms with Crippen molar-refractivity contribution in [3.05, 3.63) is 18.7 Å². The van der Waals surface area contributed by atoms with E-state index in [1.54, 1.807) is 17.0 Å². The molecule has 3 aliphatic rings. The number of anilines is 2. The fourth-order valence-corrected chi connectivity index (χ4v) is 4.23. The third-order valence-electron chi connectivity index (χ3n) is 6.06. The molecule has 9 nitrogen and oxygen atoms in total. The Hall–Kier alpha value is -2.75. The Kier molecular flexibility index (Phi) is 3.40. The largest absolute Gasteiger partial charge is 0.378 e. The lowest BCUT2D eigenvalue weighted by molar-refractivity contribution is 0.0284. The Morgan fingerprint density at radius 3 is 2.96 bits per heavy atom. The molecule has 1 saturated carbocycles. The summed E-state index contributed by atoms with van der Waals surface area (Å²) in [6.45, 7) is 2.68. The molecular weight excluding hydrogens is 363 g/mol. The van der Waals surface area contributed by atoms with Crippen molar-refractivity contribution >= 4 is 17.3 Å². The van der Waals surface area contributed by atoms with Crippen molar-refractivity contribution in [2.75, 3.05) is 36.5 Å². The van der Waals surface area contributed by atoms with E-state index in [2.05, 4.69) is 30.5 Å². The highest BCUT2D eigenvalue weighted by Crippen LogP contribution is 2.55. The van der Waals surface area contributed by atoms with Crippen molar-refractivity contribution in [1.82, 2.24) is 29.8 Å². The molecule has 6 rings (SSSR count). The maximum atomic E-state index is 14.1. The van der Waals surface area contributed by atoms with E-state index in [0.717, 1.165) is 35.7 Å². The second kappa shape index (κ2) is 5.87. The molecule has 2 aliphatic heterocycles. The predicted molar refractivity (Wildman–Crippen MR) is 100.0 cm³/mol. The summed E-state index contributed by atoms with van der Waals surface area (Å²) in [7, 11) is 0. The van der Waals surface area contributed by atoms with Gasteiger partial charge in [0.15, 0.2) is 5.65 Å². The molecule has 5 heterocycles. The fraction of sp³-hybridized carbons (Fsp3) is 0.556. The highest BCUT2D eigenvalue weighted by molar-refractivity contribution is 5.86. The van der Waals surface area contributed by atoms with Gasteiger partial charge in [0.1, 0.15) is 23.9 Å². The lowest BCUT2D eigenvalue weighted by Gasteiger charge is -2.42. The Morgan fingerprint density at radius 2 is 2.21 bits per heavy atom. The number of halogens is 1. The molecule has 28 heavy (non-hydrogen) atoms. The van der Waals surface area contributed by atoms with Gasteiger partial charge in [-0.05, 0) is 19.3 Å². The topological polar surface area (TPSA) is 96.3 Å². The molecule has 0 bridgehead atoms. The van der Waals surface area contributed by atoms with Crippen LogP contribution in [0.5, 0.6) is 0 Å². The van der Waals surface area contributed by atoms with Crippen LogP contribution >= 0.6 is 0 Å². The Bertz CT molecular complexity index is 1010. The summed E-state index contributed by atoms with van der Waals surface area (Å²) < 4.78 is 21.0. The molecule has 0 radical (unpaired) electrons. The number of alkyl halides is 1. The average Bonchev–Trinajstić information content (AvgIpc) is 3.10. The molecule has 3 aromatic rings. The first-order valence-corrected chi connectivity index (χ1v) is 9.69. The Balaban J connectivity index is 1.39. The van der Waals surface area contributed by atoms with E-state index >= 15 is 0 Å². The number of rotatable bonds is 4. The van der Waals surface area contributed by atoms with Crippen LogP contribution in [0.1, 0.15) is 19.3 Å². The zero-order valence-electron chi connectivity index (χ0n) is 15.3. The lowest BCUT2D eigenvalue weighted by Crippen LogP contribution is -2.49. The second-order valence-electron chi connectivity index (χ2n) is 8.12. The zero-order valence-corrected chi connectivity index (χ0v) is 15.3. The van der Waals surface area contributed by atoms with Crippen LogP contribution in [0.15, 0.2) is 18.7 Å². The van der Waals surface area contributed by atoms with Crippen molar-refractivity contribution in [1.29, 1.82) is 0 Å². The van der Waals surface area contributed by atoms with E-state index in [0.29, 0.717) is 24.4 Å². The minimum Gasteiger partial charge on any atom is -0.378 e. The van der Waals surface area contributed by atoms with Crippen LogP contribution in [0, 0.1) is 5.41 Å². The van der Waals surface area contributed by atoms with Crippen LogP contribution in [0.2, 0.25) is 0 Å². The maximum absolute atomic E-state index is 14.1. The van der Waals surface area contributed by atoms with Crippen molar-refractivity contribution in [3.63, 3.8) is 0 Å². The first-order chi connectivity index (χ1) is 13.7. The van der Waals surface area contributed by atoms with Gasteiger partial charge in [-0.1, -0.05) is 0 Å². The summed E-state index contributed by atoms with van der Waals surface area (Å²) in [6.07, 6.45) is 7.37. The van der Waals surface area contributed by atoms with Gasteiger partial charge in [0.2, 0.25) is 5.95 Å². The fourth-order valence-electron chi connectivity index (χ4n) is 4.23. The van der Waals surface area contributed by atoms with Crippen LogP contribution in [0.4, 0.5) is 16.0 Å². The molecule has 3 fully saturated rings. The van der Waals surface area contributed by atoms with Gasteiger partial charge in [0.05, 0.1) is 18.8 Å². The molecule has 1 aliphatic carbocycles. The van der Waals surface area contributed by atoms with Crippen LogP contribution < -0.4 is 10.2 Å². The van der Waals surface area contributed by atoms with Crippen LogP contribution in [-0.2, 0) is 4.74 Å². The number of aromatic amines is 1. The maximum Gasteiger partial charge on any atom is 0.243 e.